The summed E-state index contributed by atoms with van der Waals surface area (Å²) < 4.78 is 10.2. The Balaban J connectivity index is 2.13. The predicted molar refractivity (Wildman–Crippen MR) is 83.7 cm³/mol. The van der Waals surface area contributed by atoms with Crippen LogP contribution in [-0.2, 0) is 9.53 Å². The molecule has 1 amide bonds. The lowest BCUT2D eigenvalue weighted by molar-refractivity contribution is -0.143. The van der Waals surface area contributed by atoms with Crippen molar-refractivity contribution in [1.82, 2.24) is 5.32 Å². The van der Waals surface area contributed by atoms with Crippen LogP contribution in [0, 0.1) is 5.92 Å². The Bertz CT molecular complexity index is 592. The number of nitrogens with one attached hydrogen (secondary N) is 1. The van der Waals surface area contributed by atoms with Gasteiger partial charge in [0, 0.05) is 11.1 Å². The van der Waals surface area contributed by atoms with E-state index in [-0.39, 0.29) is 11.8 Å². The molecule has 0 saturated carbocycles. The Morgan fingerprint density at radius 3 is 2.82 bits per heavy atom. The number of ether oxygens (including phenoxy) is 2. The normalized spacial score (nSPS) is 14.0. The van der Waals surface area contributed by atoms with Crippen molar-refractivity contribution in [3.63, 3.8) is 0 Å². The highest BCUT2D eigenvalue weighted by atomic mass is 16.5. The van der Waals surface area contributed by atoms with Crippen molar-refractivity contribution in [2.45, 2.75) is 26.3 Å². The fraction of sp³-hybridized carbons (Fsp3) is 0.412. The number of hydrogen-bond donors (Lipinski definition) is 1. The highest BCUT2D eigenvalue weighted by Gasteiger charge is 2.23. The number of methoxy groups -OCH3 is 1. The topological polar surface area (TPSA) is 64.6 Å². The molecule has 0 bridgehead atoms. The molecule has 22 heavy (non-hydrogen) atoms. The Labute approximate surface area is 130 Å². The Kier molecular flexibility index (Phi) is 5.20. The third-order valence-electron chi connectivity index (χ3n) is 3.40. The first-order chi connectivity index (χ1) is 10.5. The van der Waals surface area contributed by atoms with Crippen LogP contribution in [-0.4, -0.2) is 31.6 Å². The van der Waals surface area contributed by atoms with Gasteiger partial charge in [-0.1, -0.05) is 19.9 Å². The molecule has 1 heterocycles. The monoisotopic (exact) mass is 303 g/mol. The molecule has 0 spiro atoms. The lowest BCUT2D eigenvalue weighted by Crippen LogP contribution is -2.42. The number of rotatable bonds is 5. The van der Waals surface area contributed by atoms with E-state index in [0.717, 1.165) is 11.3 Å². The largest absolute Gasteiger partial charge is 0.489 e. The van der Waals surface area contributed by atoms with Gasteiger partial charge in [-0.15, -0.1) is 0 Å². The van der Waals surface area contributed by atoms with Crippen LogP contribution in [0.3, 0.4) is 0 Å². The number of carbonyl (C=O) groups excluding carboxylic acids is 2. The van der Waals surface area contributed by atoms with Gasteiger partial charge in [0.25, 0.3) is 5.91 Å². The molecule has 1 atom stereocenters. The van der Waals surface area contributed by atoms with Crippen molar-refractivity contribution in [2.75, 3.05) is 13.7 Å². The molecule has 1 N–H and O–H groups in total. The molecular weight excluding hydrogens is 282 g/mol. The quantitative estimate of drug-likeness (QED) is 0.848. The maximum atomic E-state index is 12.4. The molecule has 0 aliphatic carbocycles. The first-order valence-electron chi connectivity index (χ1n) is 7.33. The summed E-state index contributed by atoms with van der Waals surface area (Å²) in [7, 11) is 1.32. The average Bonchev–Trinajstić information content (AvgIpc) is 2.52. The molecular formula is C17H21NO4. The lowest BCUT2D eigenvalue weighted by atomic mass is 10.0. The molecule has 5 nitrogen and oxygen atoms in total. The number of hydrogen-bond acceptors (Lipinski definition) is 4. The van der Waals surface area contributed by atoms with Crippen LogP contribution in [0.5, 0.6) is 5.75 Å². The third kappa shape index (κ3) is 3.87. The van der Waals surface area contributed by atoms with E-state index >= 15 is 0 Å². The van der Waals surface area contributed by atoms with Crippen molar-refractivity contribution in [3.8, 4) is 5.75 Å². The van der Waals surface area contributed by atoms with E-state index in [2.05, 4.69) is 5.32 Å². The van der Waals surface area contributed by atoms with Crippen molar-refractivity contribution < 1.29 is 19.1 Å². The molecule has 1 aromatic rings. The average molecular weight is 303 g/mol. The Morgan fingerprint density at radius 1 is 1.36 bits per heavy atom. The molecule has 0 aromatic heterocycles. The van der Waals surface area contributed by atoms with E-state index in [4.69, 9.17) is 9.47 Å². The molecule has 0 saturated heterocycles. The zero-order valence-electron chi connectivity index (χ0n) is 13.1. The second-order valence-corrected chi connectivity index (χ2v) is 5.64. The summed E-state index contributed by atoms with van der Waals surface area (Å²) in [5.74, 6) is 0.302. The zero-order valence-corrected chi connectivity index (χ0v) is 13.1. The Hall–Kier alpha value is -2.30. The van der Waals surface area contributed by atoms with E-state index in [1.54, 1.807) is 18.2 Å². The number of benzene rings is 1. The van der Waals surface area contributed by atoms with Gasteiger partial charge in [0.05, 0.1) is 7.11 Å². The summed E-state index contributed by atoms with van der Waals surface area (Å²) in [6.07, 6.45) is 4.34. The van der Waals surface area contributed by atoms with E-state index in [1.807, 2.05) is 26.0 Å². The van der Waals surface area contributed by atoms with Crippen LogP contribution in [0.1, 0.15) is 36.2 Å². The summed E-state index contributed by atoms with van der Waals surface area (Å²) in [6, 6.07) is 4.57. The van der Waals surface area contributed by atoms with Crippen LogP contribution >= 0.6 is 0 Å². The van der Waals surface area contributed by atoms with Crippen molar-refractivity contribution in [3.05, 3.63) is 35.4 Å². The van der Waals surface area contributed by atoms with Gasteiger partial charge in [0.2, 0.25) is 0 Å². The van der Waals surface area contributed by atoms with Crippen LogP contribution in [0.2, 0.25) is 0 Å². The van der Waals surface area contributed by atoms with Gasteiger partial charge < -0.3 is 14.8 Å². The second-order valence-electron chi connectivity index (χ2n) is 5.64. The molecule has 0 unspecified atom stereocenters. The minimum absolute atomic E-state index is 0.268. The summed E-state index contributed by atoms with van der Waals surface area (Å²) in [5.41, 5.74) is 1.35. The van der Waals surface area contributed by atoms with Gasteiger partial charge in [-0.3, -0.25) is 4.79 Å². The van der Waals surface area contributed by atoms with Gasteiger partial charge in [0.1, 0.15) is 18.4 Å². The van der Waals surface area contributed by atoms with E-state index in [1.165, 1.54) is 7.11 Å². The second kappa shape index (κ2) is 7.11. The van der Waals surface area contributed by atoms with E-state index in [0.29, 0.717) is 18.6 Å². The fourth-order valence-corrected chi connectivity index (χ4v) is 2.33. The molecule has 1 aromatic carbocycles. The molecule has 2 rings (SSSR count). The Morgan fingerprint density at radius 2 is 2.14 bits per heavy atom. The fourth-order valence-electron chi connectivity index (χ4n) is 2.33. The minimum atomic E-state index is -0.639. The van der Waals surface area contributed by atoms with Crippen LogP contribution in [0.15, 0.2) is 24.3 Å². The summed E-state index contributed by atoms with van der Waals surface area (Å²) in [4.78, 5) is 24.1. The summed E-state index contributed by atoms with van der Waals surface area (Å²) in [5, 5.41) is 2.74. The van der Waals surface area contributed by atoms with E-state index < -0.39 is 12.0 Å². The number of amides is 1. The van der Waals surface area contributed by atoms with Gasteiger partial charge in [-0.2, -0.15) is 0 Å². The smallest absolute Gasteiger partial charge is 0.328 e. The van der Waals surface area contributed by atoms with Gasteiger partial charge in [-0.25, -0.2) is 4.79 Å². The van der Waals surface area contributed by atoms with Crippen LogP contribution < -0.4 is 10.1 Å². The number of carbonyl (C=O) groups is 2. The summed E-state index contributed by atoms with van der Waals surface area (Å²) in [6.45, 7) is 4.52. The van der Waals surface area contributed by atoms with E-state index in [9.17, 15) is 9.59 Å². The predicted octanol–water partition coefficient (Wildman–Crippen LogP) is 2.41. The van der Waals surface area contributed by atoms with Crippen molar-refractivity contribution in [2.24, 2.45) is 5.92 Å². The van der Waals surface area contributed by atoms with Crippen LogP contribution in [0.4, 0.5) is 0 Å². The maximum Gasteiger partial charge on any atom is 0.328 e. The minimum Gasteiger partial charge on any atom is -0.489 e. The highest BCUT2D eigenvalue weighted by molar-refractivity contribution is 5.97. The molecule has 0 radical (unpaired) electrons. The highest BCUT2D eigenvalue weighted by Crippen LogP contribution is 2.24. The molecule has 1 aliphatic heterocycles. The van der Waals surface area contributed by atoms with Crippen molar-refractivity contribution >= 4 is 18.0 Å². The summed E-state index contributed by atoms with van der Waals surface area (Å²) >= 11 is 0. The zero-order chi connectivity index (χ0) is 16.1. The molecule has 0 fully saturated rings. The van der Waals surface area contributed by atoms with Gasteiger partial charge in [0.15, 0.2) is 0 Å². The first kappa shape index (κ1) is 16.1. The SMILES string of the molecule is COC(=O)[C@@H](CC(C)C)NC(=O)c1ccc2c(c1)C=CCO2. The molecule has 1 aliphatic rings. The van der Waals surface area contributed by atoms with Gasteiger partial charge in [-0.05, 0) is 36.6 Å². The third-order valence-corrected chi connectivity index (χ3v) is 3.40. The lowest BCUT2D eigenvalue weighted by Gasteiger charge is -2.19. The van der Waals surface area contributed by atoms with Gasteiger partial charge >= 0.3 is 5.97 Å². The first-order valence-corrected chi connectivity index (χ1v) is 7.33. The van der Waals surface area contributed by atoms with Crippen LogP contribution in [0.25, 0.3) is 6.08 Å². The standard InChI is InChI=1S/C17H21NO4/c1-11(2)9-14(17(20)21-3)18-16(19)13-6-7-15-12(10-13)5-4-8-22-15/h4-7,10-11,14H,8-9H2,1-3H3,(H,18,19)/t14-/m1/s1. The number of fused-ring (bicyclic) bond motifs is 1. The van der Waals surface area contributed by atoms with Crippen molar-refractivity contribution in [1.29, 1.82) is 0 Å². The maximum absolute atomic E-state index is 12.4. The number of esters is 1. The molecule has 118 valence electrons. The molecule has 5 heteroatoms.